The molecule has 0 spiro atoms. The van der Waals surface area contributed by atoms with Crippen LogP contribution in [0.3, 0.4) is 0 Å². The predicted molar refractivity (Wildman–Crippen MR) is 101 cm³/mol. The largest absolute Gasteiger partial charge is 0.369 e. The van der Waals surface area contributed by atoms with Crippen LogP contribution >= 0.6 is 27.7 Å². The number of Topliss-reactive ketones (excluding diaryl/α,β-unsaturated/α-hetero) is 1. The van der Waals surface area contributed by atoms with Gasteiger partial charge in [0.25, 0.3) is 0 Å². The highest BCUT2D eigenvalue weighted by atomic mass is 79.9. The van der Waals surface area contributed by atoms with E-state index >= 15 is 0 Å². The average molecular weight is 418 g/mol. The quantitative estimate of drug-likeness (QED) is 0.573. The van der Waals surface area contributed by atoms with Gasteiger partial charge in [0.15, 0.2) is 5.78 Å². The fourth-order valence-electron chi connectivity index (χ4n) is 2.39. The van der Waals surface area contributed by atoms with E-state index in [0.29, 0.717) is 27.4 Å². The van der Waals surface area contributed by atoms with Crippen LogP contribution in [0.1, 0.15) is 32.7 Å². The number of nitriles is 1. The van der Waals surface area contributed by atoms with E-state index in [0.717, 1.165) is 21.8 Å². The lowest BCUT2D eigenvalue weighted by molar-refractivity contribution is -0.115. The van der Waals surface area contributed by atoms with Gasteiger partial charge in [-0.05, 0) is 37.1 Å². The van der Waals surface area contributed by atoms with Gasteiger partial charge in [-0.2, -0.15) is 5.26 Å². The van der Waals surface area contributed by atoms with Gasteiger partial charge in [0, 0.05) is 22.2 Å². The summed E-state index contributed by atoms with van der Waals surface area (Å²) in [6.45, 7) is 3.60. The molecule has 0 saturated heterocycles. The normalized spacial score (nSPS) is 10.3. The number of pyridine rings is 1. The number of benzene rings is 1. The molecule has 128 valence electrons. The maximum absolute atomic E-state index is 12.5. The molecule has 2 N–H and O–H groups in total. The van der Waals surface area contributed by atoms with Gasteiger partial charge in [-0.15, -0.1) is 0 Å². The molecule has 7 heteroatoms. The zero-order valence-corrected chi connectivity index (χ0v) is 16.2. The first-order valence-corrected chi connectivity index (χ1v) is 9.21. The van der Waals surface area contributed by atoms with Crippen molar-refractivity contribution in [3.63, 3.8) is 0 Å². The van der Waals surface area contributed by atoms with Crippen molar-refractivity contribution < 1.29 is 9.59 Å². The number of aromatic nitrogens is 1. The number of rotatable bonds is 6. The van der Waals surface area contributed by atoms with Gasteiger partial charge < -0.3 is 5.73 Å². The second-order valence-electron chi connectivity index (χ2n) is 5.45. The van der Waals surface area contributed by atoms with E-state index in [1.807, 2.05) is 12.1 Å². The second kappa shape index (κ2) is 8.28. The molecule has 0 unspecified atom stereocenters. The third-order valence-electron chi connectivity index (χ3n) is 3.71. The Labute approximate surface area is 158 Å². The topological polar surface area (TPSA) is 96.8 Å². The lowest BCUT2D eigenvalue weighted by Gasteiger charge is -2.13. The predicted octanol–water partition coefficient (Wildman–Crippen LogP) is 3.34. The van der Waals surface area contributed by atoms with Gasteiger partial charge in [0.05, 0.1) is 11.3 Å². The van der Waals surface area contributed by atoms with Crippen molar-refractivity contribution in [2.24, 2.45) is 5.73 Å². The lowest BCUT2D eigenvalue weighted by atomic mass is 9.96. The molecule has 0 atom stereocenters. The highest BCUT2D eigenvalue weighted by molar-refractivity contribution is 9.10. The Kier molecular flexibility index (Phi) is 6.34. The van der Waals surface area contributed by atoms with Gasteiger partial charge >= 0.3 is 0 Å². The summed E-state index contributed by atoms with van der Waals surface area (Å²) in [5.41, 5.74) is 8.28. The zero-order chi connectivity index (χ0) is 18.6. The molecule has 0 aliphatic rings. The van der Waals surface area contributed by atoms with Gasteiger partial charge in [-0.25, -0.2) is 4.98 Å². The van der Waals surface area contributed by atoms with Gasteiger partial charge in [-0.1, -0.05) is 39.8 Å². The fourth-order valence-corrected chi connectivity index (χ4v) is 3.48. The summed E-state index contributed by atoms with van der Waals surface area (Å²) in [4.78, 5) is 27.9. The molecule has 1 aromatic heterocycles. The van der Waals surface area contributed by atoms with Crippen molar-refractivity contribution in [2.45, 2.75) is 25.3 Å². The molecule has 0 bridgehead atoms. The van der Waals surface area contributed by atoms with Crippen LogP contribution in [0.5, 0.6) is 0 Å². The number of carbonyl (C=O) groups is 2. The summed E-state index contributed by atoms with van der Waals surface area (Å²) in [6.07, 6.45) is 0.168. The standard InChI is InChI=1S/C18H16BrN3O2S/c1-10-14(7-16(23)12-3-5-13(19)6-4-12)11(2)22-18(15(10)8-20)25-9-17(21)24/h3-6H,7,9H2,1-2H3,(H2,21,24). The molecule has 2 rings (SSSR count). The molecular weight excluding hydrogens is 402 g/mol. The first kappa shape index (κ1) is 19.2. The van der Waals surface area contributed by atoms with Crippen LogP contribution in [0.15, 0.2) is 33.8 Å². The lowest BCUT2D eigenvalue weighted by Crippen LogP contribution is -2.14. The molecule has 5 nitrogen and oxygen atoms in total. The minimum absolute atomic E-state index is 0.0399. The van der Waals surface area contributed by atoms with Crippen LogP contribution in [0.4, 0.5) is 0 Å². The number of carbonyl (C=O) groups excluding carboxylic acids is 2. The number of hydrogen-bond donors (Lipinski definition) is 1. The average Bonchev–Trinajstić information content (AvgIpc) is 2.57. The molecular formula is C18H16BrN3O2S. The van der Waals surface area contributed by atoms with E-state index in [1.54, 1.807) is 26.0 Å². The molecule has 0 radical (unpaired) electrons. The van der Waals surface area contributed by atoms with Crippen LogP contribution in [0.25, 0.3) is 0 Å². The van der Waals surface area contributed by atoms with Crippen LogP contribution < -0.4 is 5.73 Å². The number of thioether (sulfide) groups is 1. The number of nitrogens with zero attached hydrogens (tertiary/aromatic N) is 2. The maximum atomic E-state index is 12.5. The molecule has 25 heavy (non-hydrogen) atoms. The van der Waals surface area contributed by atoms with Crippen molar-refractivity contribution in [1.82, 2.24) is 4.98 Å². The van der Waals surface area contributed by atoms with Gasteiger partial charge in [-0.3, -0.25) is 9.59 Å². The van der Waals surface area contributed by atoms with Crippen LogP contribution in [-0.2, 0) is 11.2 Å². The first-order valence-electron chi connectivity index (χ1n) is 7.43. The Morgan fingerprint density at radius 2 is 1.92 bits per heavy atom. The number of primary amides is 1. The molecule has 1 heterocycles. The molecule has 0 aliphatic heterocycles. The number of aryl methyl sites for hydroxylation is 1. The number of halogens is 1. The molecule has 0 aliphatic carbocycles. The van der Waals surface area contributed by atoms with E-state index in [2.05, 4.69) is 27.0 Å². The fraction of sp³-hybridized carbons (Fsp3) is 0.222. The molecule has 0 saturated carbocycles. The number of ketones is 1. The van der Waals surface area contributed by atoms with Crippen molar-refractivity contribution in [2.75, 3.05) is 5.75 Å². The Morgan fingerprint density at radius 1 is 1.28 bits per heavy atom. The summed E-state index contributed by atoms with van der Waals surface area (Å²) < 4.78 is 0.903. The minimum atomic E-state index is -0.472. The Hall–Kier alpha value is -2.17. The third kappa shape index (κ3) is 4.68. The van der Waals surface area contributed by atoms with E-state index in [1.165, 1.54) is 0 Å². The van der Waals surface area contributed by atoms with E-state index in [9.17, 15) is 14.9 Å². The summed E-state index contributed by atoms with van der Waals surface area (Å²) >= 11 is 4.48. The van der Waals surface area contributed by atoms with Gasteiger partial charge in [0.2, 0.25) is 5.91 Å². The van der Waals surface area contributed by atoms with Crippen LogP contribution in [-0.4, -0.2) is 22.4 Å². The van der Waals surface area contributed by atoms with Crippen LogP contribution in [0, 0.1) is 25.2 Å². The highest BCUT2D eigenvalue weighted by Gasteiger charge is 2.18. The van der Waals surface area contributed by atoms with Gasteiger partial charge in [0.1, 0.15) is 11.1 Å². The highest BCUT2D eigenvalue weighted by Crippen LogP contribution is 2.27. The number of amides is 1. The molecule has 2 aromatic rings. The summed E-state index contributed by atoms with van der Waals surface area (Å²) in [5.74, 6) is -0.458. The third-order valence-corrected chi connectivity index (χ3v) is 5.24. The number of nitrogens with two attached hydrogens (primary N) is 1. The molecule has 1 aromatic carbocycles. The van der Waals surface area contributed by atoms with Crippen LogP contribution in [0.2, 0.25) is 0 Å². The summed E-state index contributed by atoms with van der Waals surface area (Å²) in [5, 5.41) is 9.92. The minimum Gasteiger partial charge on any atom is -0.369 e. The Morgan fingerprint density at radius 3 is 2.48 bits per heavy atom. The molecule has 0 fully saturated rings. The van der Waals surface area contributed by atoms with Crippen molar-refractivity contribution >= 4 is 39.4 Å². The van der Waals surface area contributed by atoms with E-state index < -0.39 is 5.91 Å². The first-order chi connectivity index (χ1) is 11.8. The Balaban J connectivity index is 2.35. The van der Waals surface area contributed by atoms with Crippen molar-refractivity contribution in [3.8, 4) is 6.07 Å². The summed E-state index contributed by atoms with van der Waals surface area (Å²) in [6, 6.07) is 9.27. The maximum Gasteiger partial charge on any atom is 0.227 e. The number of hydrogen-bond acceptors (Lipinski definition) is 5. The van der Waals surface area contributed by atoms with Crippen molar-refractivity contribution in [1.29, 1.82) is 5.26 Å². The Bertz CT molecular complexity index is 873. The monoisotopic (exact) mass is 417 g/mol. The van der Waals surface area contributed by atoms with E-state index in [4.69, 9.17) is 5.73 Å². The second-order valence-corrected chi connectivity index (χ2v) is 7.33. The van der Waals surface area contributed by atoms with Crippen molar-refractivity contribution in [3.05, 3.63) is 56.7 Å². The smallest absolute Gasteiger partial charge is 0.227 e. The molecule has 1 amide bonds. The SMILES string of the molecule is Cc1nc(SCC(N)=O)c(C#N)c(C)c1CC(=O)c1ccc(Br)cc1. The van der Waals surface area contributed by atoms with E-state index in [-0.39, 0.29) is 18.0 Å². The zero-order valence-electron chi connectivity index (χ0n) is 13.8. The summed E-state index contributed by atoms with van der Waals surface area (Å²) in [7, 11) is 0.